The summed E-state index contributed by atoms with van der Waals surface area (Å²) >= 11 is 6.33. The SMILES string of the molecule is C1CC1.CNC(=O)c1cnc2c(NC)cc(N3CCc4c(-c5ncc(CN6CC7(CCN(C(=O)c8ccc(Cl)c(N9CCC(=O)NC9=O)c8)CC7(F)F)C6)cc5F)cccc43)nn12. The third-order valence-corrected chi connectivity index (χ3v) is 12.6. The van der Waals surface area contributed by atoms with Crippen LogP contribution in [0.3, 0.4) is 0 Å². The number of halogens is 4. The molecule has 63 heavy (non-hydrogen) atoms. The third-order valence-electron chi connectivity index (χ3n) is 12.3. The zero-order valence-electron chi connectivity index (χ0n) is 34.7. The number of piperidine rings is 1. The van der Waals surface area contributed by atoms with Crippen LogP contribution in [-0.4, -0.2) is 112 Å². The van der Waals surface area contributed by atoms with E-state index >= 15 is 13.2 Å². The molecule has 4 fully saturated rings. The van der Waals surface area contributed by atoms with Crippen molar-refractivity contribution in [2.75, 3.05) is 68.5 Å². The molecule has 3 saturated heterocycles. The van der Waals surface area contributed by atoms with Crippen LogP contribution in [0, 0.1) is 11.2 Å². The maximum absolute atomic E-state index is 15.9. The van der Waals surface area contributed by atoms with Crippen LogP contribution < -0.4 is 25.8 Å². The summed E-state index contributed by atoms with van der Waals surface area (Å²) in [5.74, 6) is -4.52. The molecule has 0 unspecified atom stereocenters. The lowest BCUT2D eigenvalue weighted by Gasteiger charge is -2.57. The minimum atomic E-state index is -3.20. The minimum absolute atomic E-state index is 0.0528. The number of nitrogens with one attached hydrogen (secondary N) is 3. The second-order valence-electron chi connectivity index (χ2n) is 16.6. The summed E-state index contributed by atoms with van der Waals surface area (Å²) in [6.07, 6.45) is 8.25. The van der Waals surface area contributed by atoms with Crippen molar-refractivity contribution in [1.82, 2.24) is 40.0 Å². The smallest absolute Gasteiger partial charge is 0.328 e. The molecule has 1 aliphatic carbocycles. The first-order valence-electron chi connectivity index (χ1n) is 20.9. The average molecular weight is 884 g/mol. The first-order chi connectivity index (χ1) is 30.3. The predicted molar refractivity (Wildman–Crippen MR) is 230 cm³/mol. The van der Waals surface area contributed by atoms with E-state index in [0.29, 0.717) is 41.2 Å². The number of hydrogen-bond acceptors (Lipinski definition) is 10. The van der Waals surface area contributed by atoms with E-state index in [1.54, 1.807) is 13.2 Å². The van der Waals surface area contributed by atoms with E-state index in [4.69, 9.17) is 16.7 Å². The molecular weight excluding hydrogens is 839 g/mol. The Labute approximate surface area is 365 Å². The lowest BCUT2D eigenvalue weighted by molar-refractivity contribution is -0.220. The van der Waals surface area contributed by atoms with E-state index in [1.807, 2.05) is 34.1 Å². The molecule has 328 valence electrons. The first-order valence-corrected chi connectivity index (χ1v) is 21.3. The molecule has 0 bridgehead atoms. The molecule has 5 amide bonds. The topological polar surface area (TPSA) is 160 Å². The summed E-state index contributed by atoms with van der Waals surface area (Å²) in [4.78, 5) is 65.2. The summed E-state index contributed by atoms with van der Waals surface area (Å²) in [6, 6.07) is 12.4. The van der Waals surface area contributed by atoms with Crippen LogP contribution in [0.15, 0.2) is 60.9 Å². The third kappa shape index (κ3) is 7.79. The number of rotatable bonds is 8. The molecule has 3 aromatic heterocycles. The van der Waals surface area contributed by atoms with Crippen LogP contribution in [-0.2, 0) is 17.8 Å². The second-order valence-corrected chi connectivity index (χ2v) is 17.0. The number of imide groups is 1. The van der Waals surface area contributed by atoms with Gasteiger partial charge in [0.05, 0.1) is 34.6 Å². The normalized spacial score (nSPS) is 18.7. The molecule has 10 rings (SSSR count). The first kappa shape index (κ1) is 42.1. The van der Waals surface area contributed by atoms with Crippen LogP contribution >= 0.6 is 11.6 Å². The van der Waals surface area contributed by atoms with Gasteiger partial charge in [0.1, 0.15) is 11.5 Å². The number of carbonyl (C=O) groups is 4. The second kappa shape index (κ2) is 16.5. The number of pyridine rings is 1. The number of nitrogens with zero attached hydrogens (tertiary/aromatic N) is 8. The Morgan fingerprint density at radius 2 is 1.68 bits per heavy atom. The van der Waals surface area contributed by atoms with E-state index < -0.39 is 41.5 Å². The Kier molecular flexibility index (Phi) is 11.0. The van der Waals surface area contributed by atoms with Crippen LogP contribution in [0.25, 0.3) is 16.9 Å². The number of anilines is 4. The highest BCUT2D eigenvalue weighted by atomic mass is 35.5. The molecule has 2 aromatic carbocycles. The molecule has 1 saturated carbocycles. The maximum Gasteiger partial charge on any atom is 0.328 e. The van der Waals surface area contributed by atoms with Gasteiger partial charge in [-0.3, -0.25) is 34.5 Å². The number of likely N-dealkylation sites (tertiary alicyclic amines) is 2. The van der Waals surface area contributed by atoms with Crippen molar-refractivity contribution in [3.63, 3.8) is 0 Å². The zero-order chi connectivity index (χ0) is 44.2. The number of fused-ring (bicyclic) bond motifs is 2. The van der Waals surface area contributed by atoms with Gasteiger partial charge in [-0.25, -0.2) is 27.5 Å². The van der Waals surface area contributed by atoms with Crippen molar-refractivity contribution in [2.24, 2.45) is 5.41 Å². The number of amides is 5. The van der Waals surface area contributed by atoms with Crippen molar-refractivity contribution >= 4 is 63.9 Å². The van der Waals surface area contributed by atoms with E-state index in [-0.39, 0.29) is 79.1 Å². The average Bonchev–Trinajstić information content (AvgIpc) is 3.98. The van der Waals surface area contributed by atoms with Gasteiger partial charge in [0.15, 0.2) is 17.2 Å². The maximum atomic E-state index is 15.9. The van der Waals surface area contributed by atoms with Crippen LogP contribution in [0.4, 0.5) is 40.8 Å². The van der Waals surface area contributed by atoms with E-state index in [1.165, 1.54) is 66.2 Å². The fraction of sp³-hybridized carbons (Fsp3) is 0.386. The minimum Gasteiger partial charge on any atom is -0.385 e. The Morgan fingerprint density at radius 3 is 2.38 bits per heavy atom. The Morgan fingerprint density at radius 1 is 0.905 bits per heavy atom. The molecule has 1 spiro atoms. The van der Waals surface area contributed by atoms with Crippen molar-refractivity contribution in [3.8, 4) is 11.3 Å². The number of hydrogen-bond donors (Lipinski definition) is 3. The number of benzene rings is 2. The molecule has 19 heteroatoms. The largest absolute Gasteiger partial charge is 0.385 e. The molecule has 0 atom stereocenters. The molecule has 7 heterocycles. The van der Waals surface area contributed by atoms with Gasteiger partial charge >= 0.3 is 6.03 Å². The highest BCUT2D eigenvalue weighted by Crippen LogP contribution is 2.51. The van der Waals surface area contributed by atoms with Crippen molar-refractivity contribution in [3.05, 3.63) is 94.1 Å². The summed E-state index contributed by atoms with van der Waals surface area (Å²) in [6.45, 7) is 0.307. The number of carbonyl (C=O) groups excluding carboxylic acids is 4. The van der Waals surface area contributed by atoms with Gasteiger partial charge in [-0.15, -0.1) is 5.10 Å². The quantitative estimate of drug-likeness (QED) is 0.162. The molecule has 0 radical (unpaired) electrons. The Balaban J connectivity index is 0.00000161. The van der Waals surface area contributed by atoms with Gasteiger partial charge in [0.2, 0.25) is 5.91 Å². The molecule has 15 nitrogen and oxygen atoms in total. The monoisotopic (exact) mass is 883 g/mol. The standard InChI is InChI=1S/C41H39ClF3N11O4.C3H6/c1-46-29-16-33(51-56-32(37(58)47-2)18-49-36(29)56)54-11-8-25-26(4-3-5-30(25)54)35-28(43)14-23(17-48-35)19-52-20-40(21-52)10-13-53(22-41(40,44)45)38(59)24-6-7-27(42)31(15-24)55-12-9-34(57)50-39(55)60;1-2-3-1/h3-7,14-18,46H,8-13,19-22H2,1-2H3,(H,47,58)(H,50,57,60);1-3H2. The molecule has 5 aromatic rings. The molecule has 3 N–H and O–H groups in total. The van der Waals surface area contributed by atoms with Gasteiger partial charge in [-0.05, 0) is 54.3 Å². The van der Waals surface area contributed by atoms with Crippen molar-refractivity contribution < 1.29 is 32.3 Å². The number of aromatic nitrogens is 4. The fourth-order valence-electron chi connectivity index (χ4n) is 8.80. The van der Waals surface area contributed by atoms with Crippen molar-refractivity contribution in [2.45, 2.75) is 51.0 Å². The lowest BCUT2D eigenvalue weighted by atomic mass is 9.69. The van der Waals surface area contributed by atoms with Gasteiger partial charge < -0.3 is 20.4 Å². The summed E-state index contributed by atoms with van der Waals surface area (Å²) in [5.41, 5.74) is 3.50. The molecule has 5 aliphatic rings. The van der Waals surface area contributed by atoms with Gasteiger partial charge in [-0.2, -0.15) is 0 Å². The summed E-state index contributed by atoms with van der Waals surface area (Å²) < 4.78 is 49.3. The van der Waals surface area contributed by atoms with E-state index in [9.17, 15) is 19.2 Å². The highest BCUT2D eigenvalue weighted by Gasteiger charge is 2.62. The van der Waals surface area contributed by atoms with E-state index in [0.717, 1.165) is 16.2 Å². The predicted octanol–water partition coefficient (Wildman–Crippen LogP) is 6.28. The van der Waals surface area contributed by atoms with Crippen molar-refractivity contribution in [1.29, 1.82) is 0 Å². The fourth-order valence-corrected chi connectivity index (χ4v) is 9.02. The number of imidazole rings is 1. The van der Waals surface area contributed by atoms with Crippen LogP contribution in [0.5, 0.6) is 0 Å². The molecular formula is C44H45ClF3N11O4. The van der Waals surface area contributed by atoms with Gasteiger partial charge in [0, 0.05) is 88.9 Å². The summed E-state index contributed by atoms with van der Waals surface area (Å²) in [5, 5.41) is 12.9. The summed E-state index contributed by atoms with van der Waals surface area (Å²) in [7, 11) is 3.30. The number of alkyl halides is 2. The van der Waals surface area contributed by atoms with Gasteiger partial charge in [-0.1, -0.05) is 43.0 Å². The highest BCUT2D eigenvalue weighted by molar-refractivity contribution is 6.34. The van der Waals surface area contributed by atoms with Crippen LogP contribution in [0.2, 0.25) is 5.02 Å². The Hall–Kier alpha value is -6.27. The lowest BCUT2D eigenvalue weighted by Crippen LogP contribution is -2.70. The van der Waals surface area contributed by atoms with Gasteiger partial charge in [0.25, 0.3) is 17.7 Å². The zero-order valence-corrected chi connectivity index (χ0v) is 35.4. The van der Waals surface area contributed by atoms with E-state index in [2.05, 4.69) is 25.9 Å². The molecule has 4 aliphatic heterocycles. The Bertz CT molecular complexity index is 2670. The number of urea groups is 1. The van der Waals surface area contributed by atoms with Crippen LogP contribution in [0.1, 0.15) is 64.1 Å².